The standard InChI is InChI=1S/C12H15N3O3/c16-11-6-13-12(17)15(11)9-3-4-14(7-9)8-10-2-1-5-18-10/h1-2,5,9H,3-4,6-8H2,(H,13,17). The molecule has 2 aliphatic heterocycles. The first kappa shape index (κ1) is 11.3. The number of hydrogen-bond acceptors (Lipinski definition) is 4. The van der Waals surface area contributed by atoms with E-state index >= 15 is 0 Å². The van der Waals surface area contributed by atoms with Crippen LogP contribution in [0, 0.1) is 0 Å². The molecule has 1 N–H and O–H groups in total. The fourth-order valence-corrected chi connectivity index (χ4v) is 2.59. The highest BCUT2D eigenvalue weighted by Crippen LogP contribution is 2.20. The Bertz CT molecular complexity index is 441. The van der Waals surface area contributed by atoms with Gasteiger partial charge in [-0.3, -0.25) is 14.6 Å². The molecular weight excluding hydrogens is 234 g/mol. The van der Waals surface area contributed by atoms with Crippen LogP contribution >= 0.6 is 0 Å². The molecule has 2 aliphatic rings. The number of furan rings is 1. The molecule has 0 spiro atoms. The van der Waals surface area contributed by atoms with Crippen LogP contribution in [0.25, 0.3) is 0 Å². The molecule has 1 unspecified atom stereocenters. The fourth-order valence-electron chi connectivity index (χ4n) is 2.59. The van der Waals surface area contributed by atoms with Crippen LogP contribution in [0.3, 0.4) is 0 Å². The van der Waals surface area contributed by atoms with Crippen molar-refractivity contribution >= 4 is 11.9 Å². The number of hydrogen-bond donors (Lipinski definition) is 1. The largest absolute Gasteiger partial charge is 0.468 e. The van der Waals surface area contributed by atoms with E-state index in [1.165, 1.54) is 4.90 Å². The van der Waals surface area contributed by atoms with Crippen molar-refractivity contribution < 1.29 is 14.0 Å². The monoisotopic (exact) mass is 249 g/mol. The quantitative estimate of drug-likeness (QED) is 0.788. The van der Waals surface area contributed by atoms with E-state index in [-0.39, 0.29) is 24.5 Å². The number of likely N-dealkylation sites (tertiary alicyclic amines) is 1. The van der Waals surface area contributed by atoms with Crippen LogP contribution in [-0.4, -0.2) is 47.4 Å². The molecule has 3 amide bonds. The Balaban J connectivity index is 1.61. The smallest absolute Gasteiger partial charge is 0.324 e. The maximum absolute atomic E-state index is 11.6. The first-order valence-corrected chi connectivity index (χ1v) is 6.08. The van der Waals surface area contributed by atoms with Crippen molar-refractivity contribution in [2.75, 3.05) is 19.6 Å². The van der Waals surface area contributed by atoms with Crippen LogP contribution in [0.2, 0.25) is 0 Å². The molecule has 0 aromatic carbocycles. The third-order valence-corrected chi connectivity index (χ3v) is 3.45. The molecular formula is C12H15N3O3. The van der Waals surface area contributed by atoms with Gasteiger partial charge in [0, 0.05) is 13.1 Å². The summed E-state index contributed by atoms with van der Waals surface area (Å²) in [5, 5.41) is 2.56. The predicted octanol–water partition coefficient (Wildman–Crippen LogP) is 0.406. The molecule has 1 aromatic heterocycles. The van der Waals surface area contributed by atoms with Gasteiger partial charge in [0.05, 0.1) is 25.4 Å². The molecule has 3 rings (SSSR count). The number of nitrogens with zero attached hydrogens (tertiary/aromatic N) is 2. The predicted molar refractivity (Wildman–Crippen MR) is 62.6 cm³/mol. The van der Waals surface area contributed by atoms with Gasteiger partial charge in [0.25, 0.3) is 0 Å². The Kier molecular flexibility index (Phi) is 2.79. The second kappa shape index (κ2) is 4.45. The summed E-state index contributed by atoms with van der Waals surface area (Å²) in [7, 11) is 0. The van der Waals surface area contributed by atoms with E-state index in [1.54, 1.807) is 6.26 Å². The zero-order valence-corrected chi connectivity index (χ0v) is 9.96. The Morgan fingerprint density at radius 1 is 1.44 bits per heavy atom. The van der Waals surface area contributed by atoms with Crippen molar-refractivity contribution in [2.24, 2.45) is 0 Å². The van der Waals surface area contributed by atoms with Crippen LogP contribution in [0.5, 0.6) is 0 Å². The molecule has 1 aromatic rings. The van der Waals surface area contributed by atoms with E-state index < -0.39 is 0 Å². The van der Waals surface area contributed by atoms with Gasteiger partial charge in [0.2, 0.25) is 5.91 Å². The summed E-state index contributed by atoms with van der Waals surface area (Å²) < 4.78 is 5.30. The summed E-state index contributed by atoms with van der Waals surface area (Å²) in [6.07, 6.45) is 2.49. The van der Waals surface area contributed by atoms with Crippen LogP contribution < -0.4 is 5.32 Å². The van der Waals surface area contributed by atoms with Gasteiger partial charge in [-0.25, -0.2) is 4.79 Å². The van der Waals surface area contributed by atoms with Crippen LogP contribution in [0.1, 0.15) is 12.2 Å². The molecule has 1 atom stereocenters. The van der Waals surface area contributed by atoms with Crippen molar-refractivity contribution in [3.63, 3.8) is 0 Å². The number of carbonyl (C=O) groups excluding carboxylic acids is 2. The van der Waals surface area contributed by atoms with Crippen LogP contribution in [0.15, 0.2) is 22.8 Å². The number of rotatable bonds is 3. The summed E-state index contributed by atoms with van der Waals surface area (Å²) in [6, 6.07) is 3.53. The summed E-state index contributed by atoms with van der Waals surface area (Å²) in [5.74, 6) is 0.790. The highest BCUT2D eigenvalue weighted by atomic mass is 16.3. The van der Waals surface area contributed by atoms with E-state index in [1.807, 2.05) is 12.1 Å². The molecule has 6 nitrogen and oxygen atoms in total. The maximum atomic E-state index is 11.6. The van der Waals surface area contributed by atoms with Crippen molar-refractivity contribution in [2.45, 2.75) is 19.0 Å². The average Bonchev–Trinajstić information content (AvgIpc) is 3.04. The Hall–Kier alpha value is -1.82. The average molecular weight is 249 g/mol. The van der Waals surface area contributed by atoms with Crippen molar-refractivity contribution in [1.82, 2.24) is 15.1 Å². The highest BCUT2D eigenvalue weighted by molar-refractivity contribution is 6.02. The lowest BCUT2D eigenvalue weighted by atomic mass is 10.2. The topological polar surface area (TPSA) is 65.8 Å². The summed E-state index contributed by atoms with van der Waals surface area (Å²) >= 11 is 0. The first-order valence-electron chi connectivity index (χ1n) is 6.08. The number of carbonyl (C=O) groups is 2. The van der Waals surface area contributed by atoms with E-state index in [0.29, 0.717) is 0 Å². The molecule has 0 bridgehead atoms. The number of amides is 3. The third kappa shape index (κ3) is 1.99. The van der Waals surface area contributed by atoms with Crippen molar-refractivity contribution in [3.05, 3.63) is 24.2 Å². The lowest BCUT2D eigenvalue weighted by molar-refractivity contribution is -0.126. The molecule has 6 heteroatoms. The molecule has 2 saturated heterocycles. The van der Waals surface area contributed by atoms with Gasteiger partial charge in [0.15, 0.2) is 0 Å². The number of nitrogens with one attached hydrogen (secondary N) is 1. The zero-order valence-electron chi connectivity index (χ0n) is 9.96. The highest BCUT2D eigenvalue weighted by Gasteiger charge is 2.38. The van der Waals surface area contributed by atoms with Crippen LogP contribution in [0.4, 0.5) is 4.79 Å². The minimum Gasteiger partial charge on any atom is -0.468 e. The molecule has 0 aliphatic carbocycles. The van der Waals surface area contributed by atoms with E-state index in [0.717, 1.165) is 31.8 Å². The minimum absolute atomic E-state index is 0.00466. The van der Waals surface area contributed by atoms with Gasteiger partial charge in [-0.2, -0.15) is 0 Å². The van der Waals surface area contributed by atoms with Gasteiger partial charge in [-0.15, -0.1) is 0 Å². The number of urea groups is 1. The summed E-state index contributed by atoms with van der Waals surface area (Å²) in [5.41, 5.74) is 0. The number of imide groups is 1. The maximum Gasteiger partial charge on any atom is 0.324 e. The zero-order chi connectivity index (χ0) is 12.5. The summed E-state index contributed by atoms with van der Waals surface area (Å²) in [6.45, 7) is 2.46. The van der Waals surface area contributed by atoms with Gasteiger partial charge < -0.3 is 9.73 Å². The lowest BCUT2D eigenvalue weighted by Crippen LogP contribution is -2.42. The molecule has 3 heterocycles. The van der Waals surface area contributed by atoms with Gasteiger partial charge in [0.1, 0.15) is 5.76 Å². The second-order valence-electron chi connectivity index (χ2n) is 4.68. The van der Waals surface area contributed by atoms with E-state index in [2.05, 4.69) is 10.2 Å². The van der Waals surface area contributed by atoms with Gasteiger partial charge in [-0.05, 0) is 18.6 Å². The molecule has 96 valence electrons. The molecule has 18 heavy (non-hydrogen) atoms. The fraction of sp³-hybridized carbons (Fsp3) is 0.500. The van der Waals surface area contributed by atoms with Gasteiger partial charge >= 0.3 is 6.03 Å². The van der Waals surface area contributed by atoms with E-state index in [4.69, 9.17) is 4.42 Å². The van der Waals surface area contributed by atoms with Crippen LogP contribution in [-0.2, 0) is 11.3 Å². The minimum atomic E-state index is -0.259. The molecule has 0 radical (unpaired) electrons. The third-order valence-electron chi connectivity index (χ3n) is 3.45. The van der Waals surface area contributed by atoms with Crippen molar-refractivity contribution in [1.29, 1.82) is 0 Å². The van der Waals surface area contributed by atoms with E-state index in [9.17, 15) is 9.59 Å². The molecule has 2 fully saturated rings. The SMILES string of the molecule is O=C1CNC(=O)N1C1CCN(Cc2ccco2)C1. The first-order chi connectivity index (χ1) is 8.74. The summed E-state index contributed by atoms with van der Waals surface area (Å²) in [4.78, 5) is 26.7. The normalized spacial score (nSPS) is 24.9. The Morgan fingerprint density at radius 3 is 3.00 bits per heavy atom. The van der Waals surface area contributed by atoms with Gasteiger partial charge in [-0.1, -0.05) is 0 Å². The van der Waals surface area contributed by atoms with Crippen molar-refractivity contribution in [3.8, 4) is 0 Å². The Labute approximate surface area is 105 Å². The second-order valence-corrected chi connectivity index (χ2v) is 4.68. The molecule has 0 saturated carbocycles. The Morgan fingerprint density at radius 2 is 2.33 bits per heavy atom. The lowest BCUT2D eigenvalue weighted by Gasteiger charge is -2.21.